The molecule has 1 fully saturated rings. The predicted molar refractivity (Wildman–Crippen MR) is 129 cm³/mol. The number of nitrogens with one attached hydrogen (secondary N) is 1. The molecule has 0 unspecified atom stereocenters. The number of hydrogen-bond acceptors (Lipinski definition) is 4. The minimum atomic E-state index is -0.0602. The van der Waals surface area contributed by atoms with Crippen LogP contribution in [0.2, 0.25) is 0 Å². The smallest absolute Gasteiger partial charge is 0.243 e. The van der Waals surface area contributed by atoms with Gasteiger partial charge in [-0.2, -0.15) is 5.10 Å². The molecule has 1 aliphatic carbocycles. The van der Waals surface area contributed by atoms with E-state index in [1.165, 1.54) is 24.8 Å². The second kappa shape index (κ2) is 12.3. The molecule has 3 rings (SSSR count). The molecular weight excluding hydrogens is 400 g/mol. The summed E-state index contributed by atoms with van der Waals surface area (Å²) in [4.78, 5) is 12.6. The fraction of sp³-hybridized carbons (Fsp3) is 0.481. The molecule has 5 nitrogen and oxygen atoms in total. The van der Waals surface area contributed by atoms with E-state index >= 15 is 0 Å². The fourth-order valence-electron chi connectivity index (χ4n) is 3.99. The summed E-state index contributed by atoms with van der Waals surface area (Å²) in [6, 6.07) is 15.4. The van der Waals surface area contributed by atoms with Crippen LogP contribution in [-0.2, 0) is 4.79 Å². The molecule has 5 heteroatoms. The zero-order chi connectivity index (χ0) is 22.8. The summed E-state index contributed by atoms with van der Waals surface area (Å²) in [5.74, 6) is 0.961. The van der Waals surface area contributed by atoms with Gasteiger partial charge in [-0.3, -0.25) is 4.79 Å². The van der Waals surface area contributed by atoms with Crippen LogP contribution in [0, 0.1) is 5.92 Å². The third kappa shape index (κ3) is 6.84. The van der Waals surface area contributed by atoms with Crippen molar-refractivity contribution in [3.05, 3.63) is 59.7 Å². The number of rotatable bonds is 13. The quantitative estimate of drug-likeness (QED) is 0.224. The minimum absolute atomic E-state index is 0.0364. The van der Waals surface area contributed by atoms with Gasteiger partial charge in [-0.15, -0.1) is 0 Å². The second-order valence-electron chi connectivity index (χ2n) is 8.59. The zero-order valence-electron chi connectivity index (χ0n) is 19.3. The topological polar surface area (TPSA) is 70.9 Å². The molecule has 0 aromatic heterocycles. The lowest BCUT2D eigenvalue weighted by atomic mass is 10.0. The Balaban J connectivity index is 1.56. The van der Waals surface area contributed by atoms with Crippen LogP contribution in [0.25, 0.3) is 0 Å². The first-order valence-corrected chi connectivity index (χ1v) is 12.0. The number of phenolic OH excluding ortho intramolecular Hbond substituents is 1. The highest BCUT2D eigenvalue weighted by molar-refractivity contribution is 6.03. The van der Waals surface area contributed by atoms with Crippen molar-refractivity contribution in [2.75, 3.05) is 6.61 Å². The highest BCUT2D eigenvalue weighted by Gasteiger charge is 2.43. The van der Waals surface area contributed by atoms with Gasteiger partial charge in [-0.05, 0) is 42.9 Å². The van der Waals surface area contributed by atoms with Crippen LogP contribution in [0.4, 0.5) is 0 Å². The molecule has 0 spiro atoms. The average molecular weight is 437 g/mol. The lowest BCUT2D eigenvalue weighted by molar-refractivity contribution is -0.122. The molecule has 2 aromatic rings. The Morgan fingerprint density at radius 3 is 2.56 bits per heavy atom. The van der Waals surface area contributed by atoms with Gasteiger partial charge >= 0.3 is 0 Å². The van der Waals surface area contributed by atoms with Crippen LogP contribution in [0.1, 0.15) is 82.3 Å². The molecule has 0 radical (unpaired) electrons. The van der Waals surface area contributed by atoms with Gasteiger partial charge in [0.1, 0.15) is 11.5 Å². The molecule has 0 heterocycles. The Labute approximate surface area is 191 Å². The van der Waals surface area contributed by atoms with Crippen molar-refractivity contribution >= 4 is 11.6 Å². The molecule has 172 valence electrons. The number of unbranched alkanes of at least 4 members (excludes halogenated alkanes) is 4. The van der Waals surface area contributed by atoms with E-state index in [0.717, 1.165) is 25.7 Å². The molecule has 0 bridgehead atoms. The molecule has 2 atom stereocenters. The van der Waals surface area contributed by atoms with Crippen LogP contribution < -0.4 is 10.2 Å². The predicted octanol–water partition coefficient (Wildman–Crippen LogP) is 6.17. The third-order valence-corrected chi connectivity index (χ3v) is 5.94. The van der Waals surface area contributed by atoms with Gasteiger partial charge < -0.3 is 9.84 Å². The number of ether oxygens (including phenoxy) is 1. The summed E-state index contributed by atoms with van der Waals surface area (Å²) in [7, 11) is 0. The van der Waals surface area contributed by atoms with Gasteiger partial charge in [0.25, 0.3) is 0 Å². The number of carbonyl (C=O) groups excluding carboxylic acids is 1. The average Bonchev–Trinajstić information content (AvgIpc) is 3.61. The lowest BCUT2D eigenvalue weighted by Gasteiger charge is -2.11. The molecule has 2 aromatic carbocycles. The number of hydrazone groups is 1. The molecule has 1 amide bonds. The van der Waals surface area contributed by atoms with E-state index in [1.54, 1.807) is 6.07 Å². The Bertz CT molecular complexity index is 895. The number of phenols is 1. The van der Waals surface area contributed by atoms with Crippen LogP contribution in [0.15, 0.2) is 53.6 Å². The lowest BCUT2D eigenvalue weighted by Crippen LogP contribution is -2.22. The van der Waals surface area contributed by atoms with E-state index in [-0.39, 0.29) is 23.5 Å². The van der Waals surface area contributed by atoms with Crippen LogP contribution in [0.3, 0.4) is 0 Å². The maximum absolute atomic E-state index is 12.6. The van der Waals surface area contributed by atoms with Gasteiger partial charge in [0.2, 0.25) is 5.91 Å². The summed E-state index contributed by atoms with van der Waals surface area (Å²) in [6.45, 7) is 4.91. The normalized spacial score (nSPS) is 17.8. The van der Waals surface area contributed by atoms with Crippen molar-refractivity contribution in [2.45, 2.75) is 71.1 Å². The summed E-state index contributed by atoms with van der Waals surface area (Å²) in [6.07, 6.45) is 8.29. The SMILES string of the molecule is CCCCCCCOc1ccc(C(CCC)=NNC(=O)[C@H]2C[C@@H]2c2ccccc2)c(O)c1. The Kier molecular flexibility index (Phi) is 9.14. The highest BCUT2D eigenvalue weighted by atomic mass is 16.5. The Morgan fingerprint density at radius 2 is 1.84 bits per heavy atom. The number of nitrogens with zero attached hydrogens (tertiary/aromatic N) is 1. The molecule has 0 saturated heterocycles. The van der Waals surface area contributed by atoms with E-state index < -0.39 is 0 Å². The maximum atomic E-state index is 12.6. The number of aromatic hydroxyl groups is 1. The van der Waals surface area contributed by atoms with Gasteiger partial charge in [0.05, 0.1) is 12.3 Å². The van der Waals surface area contributed by atoms with Gasteiger partial charge in [-0.1, -0.05) is 76.3 Å². The van der Waals surface area contributed by atoms with E-state index in [4.69, 9.17) is 4.74 Å². The Morgan fingerprint density at radius 1 is 1.06 bits per heavy atom. The van der Waals surface area contributed by atoms with E-state index in [0.29, 0.717) is 30.1 Å². The van der Waals surface area contributed by atoms with Crippen LogP contribution in [0.5, 0.6) is 11.5 Å². The standard InChI is InChI=1S/C27H36N2O3/c1-3-5-6-7-11-17-32-21-15-16-22(26(30)18-21)25(12-4-2)28-29-27(31)24-19-23(24)20-13-9-8-10-14-20/h8-10,13-16,18,23-24,30H,3-7,11-12,17,19H2,1-2H3,(H,29,31)/t23-,24+/m1/s1. The Hall–Kier alpha value is -2.82. The van der Waals surface area contributed by atoms with Crippen molar-refractivity contribution in [2.24, 2.45) is 11.0 Å². The van der Waals surface area contributed by atoms with Gasteiger partial charge in [0.15, 0.2) is 0 Å². The monoisotopic (exact) mass is 436 g/mol. The molecule has 32 heavy (non-hydrogen) atoms. The van der Waals surface area contributed by atoms with Gasteiger partial charge in [-0.25, -0.2) is 5.43 Å². The summed E-state index contributed by atoms with van der Waals surface area (Å²) in [5.41, 5.74) is 5.25. The summed E-state index contributed by atoms with van der Waals surface area (Å²) in [5, 5.41) is 14.9. The molecule has 0 aliphatic heterocycles. The number of benzene rings is 2. The maximum Gasteiger partial charge on any atom is 0.243 e. The van der Waals surface area contributed by atoms with E-state index in [9.17, 15) is 9.90 Å². The highest BCUT2D eigenvalue weighted by Crippen LogP contribution is 2.47. The first-order valence-electron chi connectivity index (χ1n) is 12.0. The van der Waals surface area contributed by atoms with Gasteiger partial charge in [0, 0.05) is 17.5 Å². The van der Waals surface area contributed by atoms with Crippen molar-refractivity contribution < 1.29 is 14.6 Å². The molecule has 1 aliphatic rings. The van der Waals surface area contributed by atoms with E-state index in [1.807, 2.05) is 30.3 Å². The van der Waals surface area contributed by atoms with Crippen LogP contribution in [-0.4, -0.2) is 23.3 Å². The third-order valence-electron chi connectivity index (χ3n) is 5.94. The van der Waals surface area contributed by atoms with Crippen LogP contribution >= 0.6 is 0 Å². The first kappa shape index (κ1) is 23.8. The number of hydrogen-bond donors (Lipinski definition) is 2. The van der Waals surface area contributed by atoms with Crippen molar-refractivity contribution in [1.29, 1.82) is 0 Å². The largest absolute Gasteiger partial charge is 0.507 e. The fourth-order valence-corrected chi connectivity index (χ4v) is 3.99. The number of amides is 1. The van der Waals surface area contributed by atoms with Crippen molar-refractivity contribution in [1.82, 2.24) is 5.43 Å². The molecule has 2 N–H and O–H groups in total. The zero-order valence-corrected chi connectivity index (χ0v) is 19.3. The van der Waals surface area contributed by atoms with E-state index in [2.05, 4.69) is 36.5 Å². The first-order chi connectivity index (χ1) is 15.6. The molecular formula is C27H36N2O3. The number of carbonyl (C=O) groups is 1. The second-order valence-corrected chi connectivity index (χ2v) is 8.59. The summed E-state index contributed by atoms with van der Waals surface area (Å²) < 4.78 is 5.78. The summed E-state index contributed by atoms with van der Waals surface area (Å²) >= 11 is 0. The van der Waals surface area contributed by atoms with Crippen molar-refractivity contribution in [3.63, 3.8) is 0 Å². The minimum Gasteiger partial charge on any atom is -0.507 e. The molecule has 1 saturated carbocycles. The van der Waals surface area contributed by atoms with Crippen molar-refractivity contribution in [3.8, 4) is 11.5 Å².